The third-order valence-electron chi connectivity index (χ3n) is 4.42. The molecule has 1 saturated carbocycles. The molecule has 0 radical (unpaired) electrons. The molecule has 1 atom stereocenters. The lowest BCUT2D eigenvalue weighted by Crippen LogP contribution is -2.42. The first kappa shape index (κ1) is 15.9. The summed E-state index contributed by atoms with van der Waals surface area (Å²) in [5.74, 6) is 1.68. The summed E-state index contributed by atoms with van der Waals surface area (Å²) >= 11 is 0. The molecule has 0 aromatic carbocycles. The molecule has 25 heavy (non-hydrogen) atoms. The number of aromatic nitrogens is 4. The molecule has 0 spiro atoms. The number of nitrogens with zero attached hydrogens (tertiary/aromatic N) is 4. The molecule has 0 unspecified atom stereocenters. The Labute approximate surface area is 144 Å². The number of aromatic amines is 1. The normalized spacial score (nSPS) is 20.5. The highest BCUT2D eigenvalue weighted by molar-refractivity contribution is 5.93. The smallest absolute Gasteiger partial charge is 0.257 e. The summed E-state index contributed by atoms with van der Waals surface area (Å²) < 4.78 is 5.71. The van der Waals surface area contributed by atoms with Crippen LogP contribution in [0, 0.1) is 6.92 Å². The molecule has 1 aliphatic heterocycles. The van der Waals surface area contributed by atoms with Gasteiger partial charge < -0.3 is 14.6 Å². The summed E-state index contributed by atoms with van der Waals surface area (Å²) in [5.41, 5.74) is 0.790. The van der Waals surface area contributed by atoms with E-state index in [-0.39, 0.29) is 11.5 Å². The van der Waals surface area contributed by atoms with Crippen LogP contribution in [0.25, 0.3) is 0 Å². The van der Waals surface area contributed by atoms with E-state index in [1.807, 2.05) is 0 Å². The third-order valence-corrected chi connectivity index (χ3v) is 4.42. The van der Waals surface area contributed by atoms with Crippen molar-refractivity contribution in [2.24, 2.45) is 0 Å². The van der Waals surface area contributed by atoms with Gasteiger partial charge in [-0.05, 0) is 19.8 Å². The van der Waals surface area contributed by atoms with E-state index >= 15 is 0 Å². The van der Waals surface area contributed by atoms with Gasteiger partial charge in [-0.25, -0.2) is 15.0 Å². The van der Waals surface area contributed by atoms with Crippen molar-refractivity contribution in [1.82, 2.24) is 24.8 Å². The highest BCUT2D eigenvalue weighted by Gasteiger charge is 2.29. The number of amides is 1. The number of aryl methyl sites for hydroxylation is 1. The Kier molecular flexibility index (Phi) is 4.04. The molecule has 130 valence electrons. The van der Waals surface area contributed by atoms with E-state index in [4.69, 9.17) is 4.74 Å². The summed E-state index contributed by atoms with van der Waals surface area (Å²) in [4.78, 5) is 41.6. The Balaban J connectivity index is 1.49. The molecule has 1 saturated heterocycles. The number of carbonyl (C=O) groups excluding carboxylic acids is 1. The molecular weight excluding hydrogens is 322 g/mol. The first-order valence-corrected chi connectivity index (χ1v) is 8.41. The van der Waals surface area contributed by atoms with Gasteiger partial charge in [0.1, 0.15) is 17.8 Å². The van der Waals surface area contributed by atoms with Gasteiger partial charge in [-0.2, -0.15) is 0 Å². The summed E-state index contributed by atoms with van der Waals surface area (Å²) in [7, 11) is 0. The topological polar surface area (TPSA) is 101 Å². The monoisotopic (exact) mass is 341 g/mol. The van der Waals surface area contributed by atoms with Crippen LogP contribution < -0.4 is 5.56 Å². The zero-order valence-corrected chi connectivity index (χ0v) is 13.9. The van der Waals surface area contributed by atoms with E-state index in [1.54, 1.807) is 24.2 Å². The van der Waals surface area contributed by atoms with Crippen molar-refractivity contribution < 1.29 is 9.53 Å². The molecule has 1 aliphatic carbocycles. The maximum Gasteiger partial charge on any atom is 0.257 e. The van der Waals surface area contributed by atoms with E-state index in [0.29, 0.717) is 42.7 Å². The van der Waals surface area contributed by atoms with Crippen molar-refractivity contribution in [2.45, 2.75) is 31.8 Å². The summed E-state index contributed by atoms with van der Waals surface area (Å²) in [6.45, 7) is 2.95. The van der Waals surface area contributed by atoms with Crippen LogP contribution in [0.4, 0.5) is 0 Å². The van der Waals surface area contributed by atoms with Crippen LogP contribution in [0.3, 0.4) is 0 Å². The van der Waals surface area contributed by atoms with Crippen molar-refractivity contribution in [2.75, 3.05) is 19.7 Å². The maximum atomic E-state index is 12.7. The Morgan fingerprint density at radius 1 is 1.32 bits per heavy atom. The number of nitrogens with one attached hydrogen (secondary N) is 1. The van der Waals surface area contributed by atoms with Gasteiger partial charge in [0, 0.05) is 30.9 Å². The molecule has 2 aliphatic rings. The van der Waals surface area contributed by atoms with Crippen LogP contribution in [0.1, 0.15) is 52.6 Å². The average molecular weight is 341 g/mol. The number of H-pyrrole nitrogens is 1. The summed E-state index contributed by atoms with van der Waals surface area (Å²) in [6, 6.07) is 1.42. The number of rotatable bonds is 3. The van der Waals surface area contributed by atoms with Crippen LogP contribution in [-0.4, -0.2) is 50.4 Å². The third kappa shape index (κ3) is 3.43. The van der Waals surface area contributed by atoms with E-state index in [2.05, 4.69) is 19.9 Å². The Morgan fingerprint density at radius 3 is 2.76 bits per heavy atom. The molecule has 8 heteroatoms. The minimum Gasteiger partial charge on any atom is -0.368 e. The fraction of sp³-hybridized carbons (Fsp3) is 0.471. The van der Waals surface area contributed by atoms with Crippen molar-refractivity contribution in [3.8, 4) is 0 Å². The highest BCUT2D eigenvalue weighted by atomic mass is 16.5. The van der Waals surface area contributed by atoms with Crippen molar-refractivity contribution in [1.29, 1.82) is 0 Å². The standard InChI is InChI=1S/C17H19N5O3/c1-10-20-13(6-15(23)21-10)14-9-22(4-5-25-14)17(24)12-7-18-16(19-8-12)11-2-3-11/h6-8,11,14H,2-5,9H2,1H3,(H,20,21,23)/t14-/m0/s1. The quantitative estimate of drug-likeness (QED) is 0.892. The van der Waals surface area contributed by atoms with Gasteiger partial charge in [-0.15, -0.1) is 0 Å². The molecule has 8 nitrogen and oxygen atoms in total. The van der Waals surface area contributed by atoms with Crippen LogP contribution >= 0.6 is 0 Å². The first-order chi connectivity index (χ1) is 12.1. The van der Waals surface area contributed by atoms with Crippen LogP contribution in [0.15, 0.2) is 23.3 Å². The average Bonchev–Trinajstić information content (AvgIpc) is 3.46. The molecule has 3 heterocycles. The predicted octanol–water partition coefficient (Wildman–Crippen LogP) is 0.959. The zero-order chi connectivity index (χ0) is 17.4. The fourth-order valence-corrected chi connectivity index (χ4v) is 2.96. The van der Waals surface area contributed by atoms with Gasteiger partial charge in [0.2, 0.25) is 0 Å². The van der Waals surface area contributed by atoms with Crippen LogP contribution in [-0.2, 0) is 4.74 Å². The second kappa shape index (κ2) is 6.36. The van der Waals surface area contributed by atoms with Crippen molar-refractivity contribution in [3.05, 3.63) is 51.7 Å². The van der Waals surface area contributed by atoms with Gasteiger partial charge in [-0.1, -0.05) is 0 Å². The van der Waals surface area contributed by atoms with Gasteiger partial charge >= 0.3 is 0 Å². The van der Waals surface area contributed by atoms with E-state index in [0.717, 1.165) is 18.7 Å². The molecule has 1 N–H and O–H groups in total. The summed E-state index contributed by atoms with van der Waals surface area (Å²) in [6.07, 6.45) is 5.04. The minimum absolute atomic E-state index is 0.128. The second-order valence-corrected chi connectivity index (χ2v) is 6.47. The molecule has 2 aromatic rings. The minimum atomic E-state index is -0.412. The number of morpholine rings is 1. The lowest BCUT2D eigenvalue weighted by atomic mass is 10.1. The predicted molar refractivity (Wildman–Crippen MR) is 88.2 cm³/mol. The van der Waals surface area contributed by atoms with E-state index < -0.39 is 6.10 Å². The fourth-order valence-electron chi connectivity index (χ4n) is 2.96. The number of hydrogen-bond donors (Lipinski definition) is 1. The van der Waals surface area contributed by atoms with Gasteiger partial charge in [0.15, 0.2) is 0 Å². The molecule has 4 rings (SSSR count). The Bertz CT molecular complexity index is 844. The molecule has 0 bridgehead atoms. The highest BCUT2D eigenvalue weighted by Crippen LogP contribution is 2.37. The lowest BCUT2D eigenvalue weighted by Gasteiger charge is -2.32. The maximum absolute atomic E-state index is 12.7. The molecular formula is C17H19N5O3. The SMILES string of the molecule is Cc1nc([C@@H]2CN(C(=O)c3cnc(C4CC4)nc3)CCO2)cc(=O)[nH]1. The van der Waals surface area contributed by atoms with E-state index in [9.17, 15) is 9.59 Å². The second-order valence-electron chi connectivity index (χ2n) is 6.47. The molecule has 2 aromatic heterocycles. The van der Waals surface area contributed by atoms with Gasteiger partial charge in [0.25, 0.3) is 11.5 Å². The summed E-state index contributed by atoms with van der Waals surface area (Å²) in [5, 5.41) is 0. The van der Waals surface area contributed by atoms with Gasteiger partial charge in [0.05, 0.1) is 24.4 Å². The lowest BCUT2D eigenvalue weighted by molar-refractivity contribution is -0.0249. The van der Waals surface area contributed by atoms with Crippen LogP contribution in [0.2, 0.25) is 0 Å². The Hall–Kier alpha value is -2.61. The molecule has 1 amide bonds. The van der Waals surface area contributed by atoms with Gasteiger partial charge in [-0.3, -0.25) is 9.59 Å². The molecule has 2 fully saturated rings. The van der Waals surface area contributed by atoms with E-state index in [1.165, 1.54) is 6.07 Å². The number of ether oxygens (including phenoxy) is 1. The largest absolute Gasteiger partial charge is 0.368 e. The zero-order valence-electron chi connectivity index (χ0n) is 13.9. The van der Waals surface area contributed by atoms with Crippen molar-refractivity contribution in [3.63, 3.8) is 0 Å². The number of hydrogen-bond acceptors (Lipinski definition) is 6. The van der Waals surface area contributed by atoms with Crippen molar-refractivity contribution >= 4 is 5.91 Å². The number of carbonyl (C=O) groups is 1. The Morgan fingerprint density at radius 2 is 2.08 bits per heavy atom. The van der Waals surface area contributed by atoms with Crippen LogP contribution in [0.5, 0.6) is 0 Å². The first-order valence-electron chi connectivity index (χ1n) is 8.41.